The molecular formula is C15H33N2O3+. The van der Waals surface area contributed by atoms with E-state index in [-0.39, 0.29) is 11.9 Å². The third-order valence-electron chi connectivity index (χ3n) is 3.38. The first-order valence-corrected chi connectivity index (χ1v) is 7.56. The standard InChI is InChI=1S/C15H29NO3.H3N/c1-3-4-5-6-7-8-9-10-11-12-13(17)14(16-2)15(18)19;/h14,16H,3-12H2,1-2H3,(H,18,19);1H3/p+1. The van der Waals surface area contributed by atoms with Gasteiger partial charge < -0.3 is 16.6 Å². The Bertz CT molecular complexity index is 258. The van der Waals surface area contributed by atoms with Gasteiger partial charge in [0.05, 0.1) is 0 Å². The summed E-state index contributed by atoms with van der Waals surface area (Å²) in [6.07, 6.45) is 11.1. The van der Waals surface area contributed by atoms with Crippen molar-refractivity contribution < 1.29 is 14.7 Å². The first-order chi connectivity index (χ1) is 9.13. The molecule has 1 atom stereocenters. The van der Waals surface area contributed by atoms with Crippen molar-refractivity contribution >= 4 is 11.8 Å². The van der Waals surface area contributed by atoms with E-state index in [0.717, 1.165) is 19.3 Å². The van der Waals surface area contributed by atoms with Crippen LogP contribution in [0.2, 0.25) is 0 Å². The molecule has 0 aliphatic rings. The lowest BCUT2D eigenvalue weighted by atomic mass is 10.0. The summed E-state index contributed by atoms with van der Waals surface area (Å²) in [4.78, 5) is 22.3. The molecule has 0 saturated carbocycles. The van der Waals surface area contributed by atoms with Gasteiger partial charge in [-0.2, -0.15) is 0 Å². The number of hydrogen-bond acceptors (Lipinski definition) is 3. The van der Waals surface area contributed by atoms with Gasteiger partial charge in [-0.15, -0.1) is 0 Å². The third-order valence-corrected chi connectivity index (χ3v) is 3.38. The number of carbonyl (C=O) groups is 2. The van der Waals surface area contributed by atoms with Crippen molar-refractivity contribution in [3.63, 3.8) is 0 Å². The lowest BCUT2D eigenvalue weighted by Crippen LogP contribution is -2.41. The molecule has 0 aromatic carbocycles. The van der Waals surface area contributed by atoms with Crippen LogP contribution < -0.4 is 11.5 Å². The molecule has 0 heterocycles. The molecule has 0 radical (unpaired) electrons. The van der Waals surface area contributed by atoms with Gasteiger partial charge in [0.2, 0.25) is 0 Å². The Morgan fingerprint density at radius 1 is 0.950 bits per heavy atom. The fourth-order valence-electron chi connectivity index (χ4n) is 2.18. The fourth-order valence-corrected chi connectivity index (χ4v) is 2.18. The zero-order chi connectivity index (χ0) is 14.5. The second-order valence-electron chi connectivity index (χ2n) is 5.10. The lowest BCUT2D eigenvalue weighted by Gasteiger charge is -2.09. The minimum Gasteiger partial charge on any atom is -0.480 e. The number of carboxylic acids is 1. The van der Waals surface area contributed by atoms with Crippen LogP contribution in [-0.2, 0) is 9.59 Å². The van der Waals surface area contributed by atoms with Crippen molar-refractivity contribution in [3.05, 3.63) is 0 Å². The van der Waals surface area contributed by atoms with Crippen molar-refractivity contribution in [1.29, 1.82) is 0 Å². The Morgan fingerprint density at radius 3 is 1.80 bits per heavy atom. The van der Waals surface area contributed by atoms with Crippen LogP contribution in [-0.4, -0.2) is 29.9 Å². The predicted molar refractivity (Wildman–Crippen MR) is 83.3 cm³/mol. The molecule has 0 rings (SSSR count). The van der Waals surface area contributed by atoms with Gasteiger partial charge in [0.25, 0.3) is 0 Å². The molecule has 0 bridgehead atoms. The normalized spacial score (nSPS) is 11.7. The summed E-state index contributed by atoms with van der Waals surface area (Å²) in [7, 11) is 1.51. The number of unbranched alkanes of at least 4 members (excludes halogenated alkanes) is 8. The molecule has 6 N–H and O–H groups in total. The second-order valence-corrected chi connectivity index (χ2v) is 5.10. The molecule has 120 valence electrons. The van der Waals surface area contributed by atoms with Crippen LogP contribution in [0, 0.1) is 0 Å². The Kier molecular flexibility index (Phi) is 15.5. The minimum atomic E-state index is -1.08. The van der Waals surface area contributed by atoms with E-state index in [1.54, 1.807) is 0 Å². The third kappa shape index (κ3) is 10.9. The number of quaternary nitrogens is 1. The molecule has 0 aromatic heterocycles. The summed E-state index contributed by atoms with van der Waals surface area (Å²) in [5, 5.41) is 11.3. The number of aliphatic carboxylic acids is 1. The van der Waals surface area contributed by atoms with Crippen molar-refractivity contribution in [3.8, 4) is 0 Å². The van der Waals surface area contributed by atoms with Crippen LogP contribution >= 0.6 is 0 Å². The van der Waals surface area contributed by atoms with E-state index in [4.69, 9.17) is 5.11 Å². The molecule has 0 amide bonds. The number of nitrogens with one attached hydrogen (secondary N) is 1. The van der Waals surface area contributed by atoms with Crippen LogP contribution in [0.4, 0.5) is 0 Å². The van der Waals surface area contributed by atoms with Gasteiger partial charge in [0.1, 0.15) is 0 Å². The van der Waals surface area contributed by atoms with Crippen LogP contribution in [0.3, 0.4) is 0 Å². The summed E-state index contributed by atoms with van der Waals surface area (Å²) < 4.78 is 0. The smallest absolute Gasteiger partial charge is 0.328 e. The number of carbonyl (C=O) groups excluding carboxylic acids is 1. The van der Waals surface area contributed by atoms with Crippen molar-refractivity contribution in [2.45, 2.75) is 77.2 Å². The van der Waals surface area contributed by atoms with Gasteiger partial charge in [-0.25, -0.2) is 0 Å². The number of ketones is 1. The van der Waals surface area contributed by atoms with E-state index in [1.807, 2.05) is 0 Å². The van der Waals surface area contributed by atoms with Crippen LogP contribution in [0.15, 0.2) is 0 Å². The van der Waals surface area contributed by atoms with Crippen LogP contribution in [0.25, 0.3) is 0 Å². The molecule has 5 heteroatoms. The van der Waals surface area contributed by atoms with Crippen LogP contribution in [0.1, 0.15) is 71.1 Å². The van der Waals surface area contributed by atoms with Gasteiger partial charge in [0, 0.05) is 6.42 Å². The maximum Gasteiger partial charge on any atom is 0.328 e. The number of hydrogen-bond donors (Lipinski definition) is 3. The minimum absolute atomic E-state index is 0. The largest absolute Gasteiger partial charge is 0.480 e. The van der Waals surface area contributed by atoms with Gasteiger partial charge in [-0.1, -0.05) is 58.3 Å². The van der Waals surface area contributed by atoms with E-state index in [1.165, 1.54) is 45.6 Å². The molecule has 0 spiro atoms. The van der Waals surface area contributed by atoms with Gasteiger partial charge in [-0.3, -0.25) is 9.59 Å². The lowest BCUT2D eigenvalue weighted by molar-refractivity contribution is -0.143. The number of carboxylic acid groups (broad SMARTS) is 1. The van der Waals surface area contributed by atoms with Gasteiger partial charge in [0.15, 0.2) is 11.8 Å². The van der Waals surface area contributed by atoms with Crippen molar-refractivity contribution in [2.75, 3.05) is 7.05 Å². The zero-order valence-electron chi connectivity index (χ0n) is 13.4. The Hall–Kier alpha value is -0.940. The molecule has 0 aliphatic heterocycles. The summed E-state index contributed by atoms with van der Waals surface area (Å²) in [6, 6.07) is -1.03. The van der Waals surface area contributed by atoms with E-state index in [2.05, 4.69) is 12.2 Å². The second kappa shape index (κ2) is 14.5. The van der Waals surface area contributed by atoms with Crippen molar-refractivity contribution in [2.24, 2.45) is 0 Å². The SMILES string of the molecule is CCCCCCCCCCCC(=O)C(NC)C(=O)O.[NH4+]. The molecule has 0 fully saturated rings. The highest BCUT2D eigenvalue weighted by Gasteiger charge is 2.22. The maximum absolute atomic E-state index is 11.6. The van der Waals surface area contributed by atoms with E-state index in [9.17, 15) is 9.59 Å². The quantitative estimate of drug-likeness (QED) is 0.356. The van der Waals surface area contributed by atoms with E-state index in [0.29, 0.717) is 6.42 Å². The first-order valence-electron chi connectivity index (χ1n) is 7.56. The summed E-state index contributed by atoms with van der Waals surface area (Å²) in [5.41, 5.74) is 0. The molecular weight excluding hydrogens is 256 g/mol. The number of rotatable bonds is 13. The summed E-state index contributed by atoms with van der Waals surface area (Å²) >= 11 is 0. The average Bonchev–Trinajstić information content (AvgIpc) is 2.37. The summed E-state index contributed by atoms with van der Waals surface area (Å²) in [5.74, 6) is -1.29. The molecule has 5 nitrogen and oxygen atoms in total. The fraction of sp³-hybridized carbons (Fsp3) is 0.867. The van der Waals surface area contributed by atoms with E-state index < -0.39 is 12.0 Å². The molecule has 0 aliphatic carbocycles. The van der Waals surface area contributed by atoms with Crippen LogP contribution in [0.5, 0.6) is 0 Å². The molecule has 20 heavy (non-hydrogen) atoms. The molecule has 1 unspecified atom stereocenters. The topological polar surface area (TPSA) is 103 Å². The number of Topliss-reactive ketones (excluding diaryl/α,β-unsaturated/α-hetero) is 1. The Morgan fingerprint density at radius 2 is 1.40 bits per heavy atom. The summed E-state index contributed by atoms with van der Waals surface area (Å²) in [6.45, 7) is 2.21. The Labute approximate surface area is 123 Å². The first kappa shape index (κ1) is 21.4. The van der Waals surface area contributed by atoms with Crippen molar-refractivity contribution in [1.82, 2.24) is 11.5 Å². The van der Waals surface area contributed by atoms with Gasteiger partial charge in [-0.05, 0) is 13.5 Å². The highest BCUT2D eigenvalue weighted by atomic mass is 16.4. The monoisotopic (exact) mass is 289 g/mol. The predicted octanol–water partition coefficient (Wildman–Crippen LogP) is 3.53. The zero-order valence-corrected chi connectivity index (χ0v) is 13.4. The Balaban J connectivity index is 0. The maximum atomic E-state index is 11.6. The average molecular weight is 289 g/mol. The highest BCUT2D eigenvalue weighted by Crippen LogP contribution is 2.11. The molecule has 0 saturated heterocycles. The van der Waals surface area contributed by atoms with Gasteiger partial charge >= 0.3 is 5.97 Å². The number of likely N-dealkylation sites (N-methyl/N-ethyl adjacent to an activating group) is 1. The highest BCUT2D eigenvalue weighted by molar-refractivity contribution is 6.02. The van der Waals surface area contributed by atoms with E-state index >= 15 is 0 Å². The molecule has 0 aromatic rings.